The molecule has 0 unspecified atom stereocenters. The number of hydrogen-bond acceptors (Lipinski definition) is 5. The first-order valence-corrected chi connectivity index (χ1v) is 9.83. The lowest BCUT2D eigenvalue weighted by Crippen LogP contribution is -2.22. The van der Waals surface area contributed by atoms with Gasteiger partial charge in [0, 0.05) is 9.37 Å². The van der Waals surface area contributed by atoms with Crippen molar-refractivity contribution in [2.45, 2.75) is 18.7 Å². The third-order valence-corrected chi connectivity index (χ3v) is 4.95. The molecule has 1 N–H and O–H groups in total. The zero-order valence-electron chi connectivity index (χ0n) is 14.6. The van der Waals surface area contributed by atoms with E-state index in [-0.39, 0.29) is 12.4 Å². The van der Waals surface area contributed by atoms with E-state index in [0.717, 1.165) is 14.9 Å². The number of amides is 1. The van der Waals surface area contributed by atoms with Crippen LogP contribution >= 0.6 is 27.7 Å². The van der Waals surface area contributed by atoms with Gasteiger partial charge in [-0.25, -0.2) is 0 Å². The highest BCUT2D eigenvalue weighted by atomic mass is 79.9. The van der Waals surface area contributed by atoms with Gasteiger partial charge in [0.25, 0.3) is 5.91 Å². The monoisotopic (exact) mass is 437 g/mol. The van der Waals surface area contributed by atoms with Gasteiger partial charge in [-0.2, -0.15) is 0 Å². The van der Waals surface area contributed by atoms with Crippen molar-refractivity contribution in [1.29, 1.82) is 0 Å². The van der Waals surface area contributed by atoms with E-state index in [4.69, 9.17) is 9.47 Å². The van der Waals surface area contributed by atoms with Crippen LogP contribution in [0.1, 0.15) is 12.5 Å². The van der Waals surface area contributed by atoms with Crippen LogP contribution in [0.15, 0.2) is 51.8 Å². The molecule has 0 fully saturated rings. The fourth-order valence-corrected chi connectivity index (χ4v) is 3.42. The second kappa shape index (κ2) is 10.2. The van der Waals surface area contributed by atoms with Crippen LogP contribution < -0.4 is 10.1 Å². The minimum absolute atomic E-state index is 0.144. The second-order valence-corrected chi connectivity index (χ2v) is 7.27. The molecule has 7 heteroatoms. The van der Waals surface area contributed by atoms with Crippen molar-refractivity contribution in [2.24, 2.45) is 0 Å². The van der Waals surface area contributed by atoms with Gasteiger partial charge in [-0.15, -0.1) is 11.8 Å². The van der Waals surface area contributed by atoms with Gasteiger partial charge in [0.05, 0.1) is 18.0 Å². The Balaban J connectivity index is 1.79. The summed E-state index contributed by atoms with van der Waals surface area (Å²) in [5, 5.41) is 2.69. The van der Waals surface area contributed by atoms with Crippen LogP contribution in [0.3, 0.4) is 0 Å². The third-order valence-electron chi connectivity index (χ3n) is 3.31. The van der Waals surface area contributed by atoms with E-state index in [2.05, 4.69) is 21.2 Å². The average Bonchev–Trinajstić information content (AvgIpc) is 2.61. The molecule has 0 saturated heterocycles. The van der Waals surface area contributed by atoms with Gasteiger partial charge in [-0.1, -0.05) is 28.1 Å². The number of carbonyl (C=O) groups is 2. The number of ether oxygens (including phenoxy) is 2. The van der Waals surface area contributed by atoms with Gasteiger partial charge < -0.3 is 14.8 Å². The zero-order valence-corrected chi connectivity index (χ0v) is 17.0. The smallest absolute Gasteiger partial charge is 0.316 e. The molecule has 0 bridgehead atoms. The molecule has 0 aliphatic rings. The Kier molecular flexibility index (Phi) is 8.00. The average molecular weight is 438 g/mol. The SMILES string of the molecule is CCOc1ccccc1NC(=O)COC(=O)CSc1ccc(Br)cc1C. The molecule has 0 aliphatic heterocycles. The van der Waals surface area contributed by atoms with Crippen LogP contribution in [0.25, 0.3) is 0 Å². The Bertz CT molecular complexity index is 782. The van der Waals surface area contributed by atoms with Crippen LogP contribution in [0, 0.1) is 6.92 Å². The molecule has 0 spiro atoms. The number of benzene rings is 2. The fourth-order valence-electron chi connectivity index (χ4n) is 2.14. The number of rotatable bonds is 8. The first-order chi connectivity index (χ1) is 12.5. The summed E-state index contributed by atoms with van der Waals surface area (Å²) in [5.74, 6) is -0.123. The number of para-hydroxylation sites is 2. The largest absolute Gasteiger partial charge is 0.492 e. The van der Waals surface area contributed by atoms with Crippen molar-refractivity contribution in [3.63, 3.8) is 0 Å². The van der Waals surface area contributed by atoms with Crippen molar-refractivity contribution in [3.8, 4) is 5.75 Å². The summed E-state index contributed by atoms with van der Waals surface area (Å²) in [5.41, 5.74) is 1.62. The molecule has 0 saturated carbocycles. The van der Waals surface area contributed by atoms with Gasteiger partial charge >= 0.3 is 5.97 Å². The molecular weight excluding hydrogens is 418 g/mol. The predicted octanol–water partition coefficient (Wildman–Crippen LogP) is 4.43. The lowest BCUT2D eigenvalue weighted by molar-refractivity contribution is -0.144. The Morgan fingerprint density at radius 2 is 1.96 bits per heavy atom. The molecule has 2 rings (SSSR count). The number of nitrogens with one attached hydrogen (secondary N) is 1. The molecule has 0 radical (unpaired) electrons. The second-order valence-electron chi connectivity index (χ2n) is 5.34. The Morgan fingerprint density at radius 3 is 2.69 bits per heavy atom. The number of aryl methyl sites for hydroxylation is 1. The molecule has 2 aromatic carbocycles. The van der Waals surface area contributed by atoms with Crippen molar-refractivity contribution in [3.05, 3.63) is 52.5 Å². The van der Waals surface area contributed by atoms with E-state index in [0.29, 0.717) is 18.0 Å². The topological polar surface area (TPSA) is 64.6 Å². The molecule has 0 atom stereocenters. The van der Waals surface area contributed by atoms with Crippen molar-refractivity contribution in [1.82, 2.24) is 0 Å². The number of halogens is 1. The normalized spacial score (nSPS) is 10.3. The number of hydrogen-bond donors (Lipinski definition) is 1. The fraction of sp³-hybridized carbons (Fsp3) is 0.263. The minimum atomic E-state index is -0.439. The molecule has 26 heavy (non-hydrogen) atoms. The standard InChI is InChI=1S/C19H20BrNO4S/c1-3-24-16-7-5-4-6-15(16)21-18(22)11-25-19(23)12-26-17-9-8-14(20)10-13(17)2/h4-10H,3,11-12H2,1-2H3,(H,21,22). The highest BCUT2D eigenvalue weighted by Gasteiger charge is 2.11. The molecule has 0 heterocycles. The van der Waals surface area contributed by atoms with Crippen LogP contribution in [-0.2, 0) is 14.3 Å². The number of anilines is 1. The first-order valence-electron chi connectivity index (χ1n) is 8.06. The zero-order chi connectivity index (χ0) is 18.9. The lowest BCUT2D eigenvalue weighted by Gasteiger charge is -2.11. The molecule has 5 nitrogen and oxygen atoms in total. The summed E-state index contributed by atoms with van der Waals surface area (Å²) >= 11 is 4.79. The van der Waals surface area contributed by atoms with Crippen LogP contribution in [0.4, 0.5) is 5.69 Å². The first kappa shape index (κ1) is 20.3. The lowest BCUT2D eigenvalue weighted by atomic mass is 10.2. The maximum absolute atomic E-state index is 12.0. The third kappa shape index (κ3) is 6.38. The Hall–Kier alpha value is -1.99. The number of carbonyl (C=O) groups excluding carboxylic acids is 2. The number of thioether (sulfide) groups is 1. The Labute approximate surface area is 165 Å². The highest BCUT2D eigenvalue weighted by molar-refractivity contribution is 9.10. The molecule has 0 aliphatic carbocycles. The molecule has 1 amide bonds. The van der Waals surface area contributed by atoms with Crippen molar-refractivity contribution in [2.75, 3.05) is 24.3 Å². The number of esters is 1. The van der Waals surface area contributed by atoms with Gasteiger partial charge in [0.1, 0.15) is 5.75 Å². The van der Waals surface area contributed by atoms with Crippen molar-refractivity contribution < 1.29 is 19.1 Å². The summed E-state index contributed by atoms with van der Waals surface area (Å²) in [4.78, 5) is 24.8. The quantitative estimate of drug-likeness (QED) is 0.488. The van der Waals surface area contributed by atoms with Gasteiger partial charge in [0.15, 0.2) is 6.61 Å². The van der Waals surface area contributed by atoms with E-state index in [9.17, 15) is 9.59 Å². The van der Waals surface area contributed by atoms with Gasteiger partial charge in [-0.05, 0) is 49.7 Å². The van der Waals surface area contributed by atoms with E-state index in [1.165, 1.54) is 11.8 Å². The molecule has 2 aromatic rings. The van der Waals surface area contributed by atoms with Gasteiger partial charge in [-0.3, -0.25) is 9.59 Å². The summed E-state index contributed by atoms with van der Waals surface area (Å²) < 4.78 is 11.5. The minimum Gasteiger partial charge on any atom is -0.492 e. The van der Waals surface area contributed by atoms with E-state index in [1.54, 1.807) is 18.2 Å². The van der Waals surface area contributed by atoms with Crippen LogP contribution in [-0.4, -0.2) is 30.8 Å². The van der Waals surface area contributed by atoms with Gasteiger partial charge in [0.2, 0.25) is 0 Å². The summed E-state index contributed by atoms with van der Waals surface area (Å²) in [6.45, 7) is 4.00. The van der Waals surface area contributed by atoms with E-state index in [1.807, 2.05) is 38.1 Å². The summed E-state index contributed by atoms with van der Waals surface area (Å²) in [7, 11) is 0. The summed E-state index contributed by atoms with van der Waals surface area (Å²) in [6.07, 6.45) is 0. The molecular formula is C19H20BrNO4S. The van der Waals surface area contributed by atoms with E-state index >= 15 is 0 Å². The van der Waals surface area contributed by atoms with Crippen LogP contribution in [0.5, 0.6) is 5.75 Å². The molecule has 0 aromatic heterocycles. The summed E-state index contributed by atoms with van der Waals surface area (Å²) in [6, 6.07) is 13.0. The van der Waals surface area contributed by atoms with Crippen molar-refractivity contribution >= 4 is 45.3 Å². The van der Waals surface area contributed by atoms with Crippen LogP contribution in [0.2, 0.25) is 0 Å². The maximum Gasteiger partial charge on any atom is 0.316 e. The van der Waals surface area contributed by atoms with E-state index < -0.39 is 11.9 Å². The Morgan fingerprint density at radius 1 is 1.19 bits per heavy atom. The molecule has 138 valence electrons. The maximum atomic E-state index is 12.0. The predicted molar refractivity (Wildman–Crippen MR) is 107 cm³/mol. The highest BCUT2D eigenvalue weighted by Crippen LogP contribution is 2.25.